The first-order valence-corrected chi connectivity index (χ1v) is 8.54. The van der Waals surface area contributed by atoms with Gasteiger partial charge in [0, 0.05) is 16.3 Å². The number of hydrogen-bond acceptors (Lipinski definition) is 4. The number of rotatable bonds is 4. The fourth-order valence-corrected chi connectivity index (χ4v) is 3.17. The average Bonchev–Trinajstić information content (AvgIpc) is 3.23. The Morgan fingerprint density at radius 3 is 2.78 bits per heavy atom. The van der Waals surface area contributed by atoms with E-state index in [0.29, 0.717) is 33.6 Å². The van der Waals surface area contributed by atoms with E-state index in [0.717, 1.165) is 5.39 Å². The molecule has 0 aliphatic carbocycles. The molecule has 0 fully saturated rings. The SMILES string of the molecule is COc1cccc2cc(C(C)NC(=O)c3oc4ccc(F)cc4c3C)oc12. The number of aryl methyl sites for hydroxylation is 1. The number of ether oxygens (including phenoxy) is 1. The molecular formula is C21H18FNO4. The van der Waals surface area contributed by atoms with E-state index in [1.54, 1.807) is 14.0 Å². The summed E-state index contributed by atoms with van der Waals surface area (Å²) in [5.41, 5.74) is 1.70. The zero-order chi connectivity index (χ0) is 19.1. The Kier molecular flexibility index (Phi) is 4.11. The second-order valence-corrected chi connectivity index (χ2v) is 6.42. The van der Waals surface area contributed by atoms with E-state index < -0.39 is 0 Å². The Balaban J connectivity index is 1.62. The number of furan rings is 2. The number of para-hydroxylation sites is 1. The molecule has 0 spiro atoms. The molecule has 4 aromatic rings. The van der Waals surface area contributed by atoms with Crippen molar-refractivity contribution < 1.29 is 22.8 Å². The van der Waals surface area contributed by atoms with Gasteiger partial charge in [-0.3, -0.25) is 4.79 Å². The van der Waals surface area contributed by atoms with Crippen molar-refractivity contribution >= 4 is 27.8 Å². The Morgan fingerprint density at radius 1 is 1.19 bits per heavy atom. The zero-order valence-corrected chi connectivity index (χ0v) is 15.1. The van der Waals surface area contributed by atoms with Gasteiger partial charge in [-0.05, 0) is 44.2 Å². The molecule has 1 atom stereocenters. The van der Waals surface area contributed by atoms with E-state index in [2.05, 4.69) is 5.32 Å². The summed E-state index contributed by atoms with van der Waals surface area (Å²) in [6, 6.07) is 11.3. The smallest absolute Gasteiger partial charge is 0.287 e. The lowest BCUT2D eigenvalue weighted by molar-refractivity contribution is 0.0909. The predicted molar refractivity (Wildman–Crippen MR) is 99.6 cm³/mol. The van der Waals surface area contributed by atoms with Crippen LogP contribution in [0.1, 0.15) is 34.8 Å². The van der Waals surface area contributed by atoms with Crippen molar-refractivity contribution in [1.29, 1.82) is 0 Å². The molecule has 0 radical (unpaired) electrons. The summed E-state index contributed by atoms with van der Waals surface area (Å²) in [5, 5.41) is 4.34. The molecule has 2 heterocycles. The standard InChI is InChI=1S/C21H18FNO4/c1-11-15-10-14(22)7-8-16(15)26-19(11)21(24)23-12(2)18-9-13-5-4-6-17(25-3)20(13)27-18/h4-10,12H,1-3H3,(H,23,24). The van der Waals surface area contributed by atoms with Gasteiger partial charge in [-0.2, -0.15) is 0 Å². The third-order valence-corrected chi connectivity index (χ3v) is 4.63. The van der Waals surface area contributed by atoms with Crippen molar-refractivity contribution in [2.45, 2.75) is 19.9 Å². The first-order valence-electron chi connectivity index (χ1n) is 8.54. The summed E-state index contributed by atoms with van der Waals surface area (Å²) in [7, 11) is 1.58. The first-order chi connectivity index (χ1) is 13.0. The van der Waals surface area contributed by atoms with Crippen molar-refractivity contribution in [2.75, 3.05) is 7.11 Å². The fraction of sp³-hybridized carbons (Fsp3) is 0.190. The molecule has 2 aromatic heterocycles. The Morgan fingerprint density at radius 2 is 2.00 bits per heavy atom. The highest BCUT2D eigenvalue weighted by molar-refractivity contribution is 5.99. The quantitative estimate of drug-likeness (QED) is 0.543. The molecule has 1 N–H and O–H groups in total. The van der Waals surface area contributed by atoms with E-state index in [4.69, 9.17) is 13.6 Å². The summed E-state index contributed by atoms with van der Waals surface area (Å²) >= 11 is 0. The van der Waals surface area contributed by atoms with Gasteiger partial charge >= 0.3 is 0 Å². The number of hydrogen-bond donors (Lipinski definition) is 1. The summed E-state index contributed by atoms with van der Waals surface area (Å²) in [4.78, 5) is 12.7. The Hall–Kier alpha value is -3.28. The molecule has 5 nitrogen and oxygen atoms in total. The van der Waals surface area contributed by atoms with Crippen LogP contribution in [0.4, 0.5) is 4.39 Å². The summed E-state index contributed by atoms with van der Waals surface area (Å²) in [6.45, 7) is 3.55. The second kappa shape index (κ2) is 6.46. The summed E-state index contributed by atoms with van der Waals surface area (Å²) in [6.07, 6.45) is 0. The third kappa shape index (κ3) is 2.93. The van der Waals surface area contributed by atoms with Gasteiger partial charge in [-0.25, -0.2) is 4.39 Å². The van der Waals surface area contributed by atoms with Crippen LogP contribution in [0.5, 0.6) is 5.75 Å². The van der Waals surface area contributed by atoms with Gasteiger partial charge < -0.3 is 18.9 Å². The van der Waals surface area contributed by atoms with Crippen molar-refractivity contribution in [3.63, 3.8) is 0 Å². The van der Waals surface area contributed by atoms with Gasteiger partial charge in [-0.15, -0.1) is 0 Å². The van der Waals surface area contributed by atoms with E-state index in [1.165, 1.54) is 18.2 Å². The van der Waals surface area contributed by atoms with Crippen LogP contribution < -0.4 is 10.1 Å². The van der Waals surface area contributed by atoms with Crippen LogP contribution >= 0.6 is 0 Å². The molecule has 0 saturated heterocycles. The zero-order valence-electron chi connectivity index (χ0n) is 15.1. The maximum Gasteiger partial charge on any atom is 0.287 e. The fourth-order valence-electron chi connectivity index (χ4n) is 3.17. The van der Waals surface area contributed by atoms with Crippen LogP contribution in [0.3, 0.4) is 0 Å². The number of carbonyl (C=O) groups is 1. The van der Waals surface area contributed by atoms with Crippen LogP contribution in [-0.2, 0) is 0 Å². The van der Waals surface area contributed by atoms with Crippen molar-refractivity contribution in [1.82, 2.24) is 5.32 Å². The third-order valence-electron chi connectivity index (χ3n) is 4.63. The van der Waals surface area contributed by atoms with Gasteiger partial charge in [0.15, 0.2) is 17.1 Å². The molecule has 1 amide bonds. The number of benzene rings is 2. The van der Waals surface area contributed by atoms with Gasteiger partial charge in [0.1, 0.15) is 17.2 Å². The first kappa shape index (κ1) is 17.1. The second-order valence-electron chi connectivity index (χ2n) is 6.42. The lowest BCUT2D eigenvalue weighted by Gasteiger charge is -2.10. The summed E-state index contributed by atoms with van der Waals surface area (Å²) < 4.78 is 30.3. The van der Waals surface area contributed by atoms with Crippen LogP contribution in [0.25, 0.3) is 21.9 Å². The molecule has 2 aromatic carbocycles. The van der Waals surface area contributed by atoms with E-state index in [-0.39, 0.29) is 23.5 Å². The molecule has 6 heteroatoms. The van der Waals surface area contributed by atoms with Gasteiger partial charge in [0.2, 0.25) is 0 Å². The highest BCUT2D eigenvalue weighted by Crippen LogP contribution is 2.31. The summed E-state index contributed by atoms with van der Waals surface area (Å²) in [5.74, 6) is 0.637. The molecular weight excluding hydrogens is 349 g/mol. The van der Waals surface area contributed by atoms with Gasteiger partial charge in [-0.1, -0.05) is 12.1 Å². The Labute approximate surface area is 154 Å². The van der Waals surface area contributed by atoms with Crippen LogP contribution in [0.15, 0.2) is 51.3 Å². The average molecular weight is 367 g/mol. The van der Waals surface area contributed by atoms with E-state index in [9.17, 15) is 9.18 Å². The molecule has 1 unspecified atom stereocenters. The number of fused-ring (bicyclic) bond motifs is 2. The number of halogens is 1. The minimum absolute atomic E-state index is 0.163. The number of carbonyl (C=O) groups excluding carboxylic acids is 1. The van der Waals surface area contributed by atoms with Crippen LogP contribution in [-0.4, -0.2) is 13.0 Å². The lowest BCUT2D eigenvalue weighted by atomic mass is 10.1. The van der Waals surface area contributed by atoms with Crippen molar-refractivity contribution in [3.8, 4) is 5.75 Å². The lowest BCUT2D eigenvalue weighted by Crippen LogP contribution is -2.26. The minimum atomic E-state index is -0.390. The largest absolute Gasteiger partial charge is 0.493 e. The van der Waals surface area contributed by atoms with Crippen LogP contribution in [0, 0.1) is 12.7 Å². The molecule has 138 valence electrons. The molecule has 0 bridgehead atoms. The van der Waals surface area contributed by atoms with Crippen molar-refractivity contribution in [2.24, 2.45) is 0 Å². The Bertz CT molecular complexity index is 1160. The van der Waals surface area contributed by atoms with Gasteiger partial charge in [0.05, 0.1) is 13.2 Å². The molecule has 27 heavy (non-hydrogen) atoms. The van der Waals surface area contributed by atoms with E-state index >= 15 is 0 Å². The maximum absolute atomic E-state index is 13.5. The monoisotopic (exact) mass is 367 g/mol. The molecule has 4 rings (SSSR count). The number of methoxy groups -OCH3 is 1. The number of amides is 1. The minimum Gasteiger partial charge on any atom is -0.493 e. The van der Waals surface area contributed by atoms with Gasteiger partial charge in [0.25, 0.3) is 5.91 Å². The topological polar surface area (TPSA) is 64.6 Å². The highest BCUT2D eigenvalue weighted by Gasteiger charge is 2.22. The predicted octanol–water partition coefficient (Wildman–Crippen LogP) is 5.13. The molecule has 0 saturated carbocycles. The van der Waals surface area contributed by atoms with Crippen molar-refractivity contribution in [3.05, 3.63) is 65.4 Å². The molecule has 0 aliphatic rings. The normalized spacial score (nSPS) is 12.4. The number of nitrogens with one attached hydrogen (secondary N) is 1. The molecule has 0 aliphatic heterocycles. The highest BCUT2D eigenvalue weighted by atomic mass is 19.1. The maximum atomic E-state index is 13.5. The van der Waals surface area contributed by atoms with Crippen LogP contribution in [0.2, 0.25) is 0 Å². The van der Waals surface area contributed by atoms with E-state index in [1.807, 2.05) is 31.2 Å².